The van der Waals surface area contributed by atoms with Gasteiger partial charge in [-0.05, 0) is 41.4 Å². The lowest BCUT2D eigenvalue weighted by Crippen LogP contribution is -2.44. The van der Waals surface area contributed by atoms with E-state index < -0.39 is 0 Å². The van der Waals surface area contributed by atoms with E-state index in [0.717, 1.165) is 30.4 Å². The summed E-state index contributed by atoms with van der Waals surface area (Å²) in [6.07, 6.45) is 3.20. The first-order chi connectivity index (χ1) is 8.20. The van der Waals surface area contributed by atoms with Crippen LogP contribution in [0.2, 0.25) is 0 Å². The predicted octanol–water partition coefficient (Wildman–Crippen LogP) is 3.04. The minimum absolute atomic E-state index is 0.0605. The molecule has 0 spiro atoms. The lowest BCUT2D eigenvalue weighted by molar-refractivity contribution is -0.148. The molecule has 2 rings (SSSR count). The molecule has 3 nitrogen and oxygen atoms in total. The Bertz CT molecular complexity index is 394. The van der Waals surface area contributed by atoms with E-state index in [0.29, 0.717) is 0 Å². The highest BCUT2D eigenvalue weighted by Crippen LogP contribution is 2.25. The first kappa shape index (κ1) is 13.1. The molecule has 94 valence electrons. The van der Waals surface area contributed by atoms with Gasteiger partial charge in [0.05, 0.1) is 7.11 Å². The number of esters is 1. The van der Waals surface area contributed by atoms with Crippen LogP contribution in [0.3, 0.4) is 0 Å². The van der Waals surface area contributed by atoms with E-state index in [1.54, 1.807) is 11.3 Å². The Morgan fingerprint density at radius 1 is 1.65 bits per heavy atom. The normalized spacial score (nSPS) is 21.4. The maximum absolute atomic E-state index is 11.7. The highest BCUT2D eigenvalue weighted by molar-refractivity contribution is 9.10. The third-order valence-corrected chi connectivity index (χ3v) is 4.75. The first-order valence-corrected chi connectivity index (χ1v) is 7.43. The van der Waals surface area contributed by atoms with Crippen molar-refractivity contribution in [2.24, 2.45) is 0 Å². The molecular formula is C12H16BrNO2S. The largest absolute Gasteiger partial charge is 0.468 e. The predicted molar refractivity (Wildman–Crippen MR) is 72.1 cm³/mol. The Morgan fingerprint density at radius 3 is 3.12 bits per heavy atom. The van der Waals surface area contributed by atoms with Gasteiger partial charge in [-0.3, -0.25) is 9.69 Å². The summed E-state index contributed by atoms with van der Waals surface area (Å²) in [6, 6.07) is 2.06. The molecule has 1 unspecified atom stereocenters. The van der Waals surface area contributed by atoms with Gasteiger partial charge in [0.15, 0.2) is 0 Å². The number of hydrogen-bond donors (Lipinski definition) is 0. The van der Waals surface area contributed by atoms with Gasteiger partial charge in [-0.2, -0.15) is 0 Å². The molecule has 0 amide bonds. The van der Waals surface area contributed by atoms with Gasteiger partial charge in [0.25, 0.3) is 0 Å². The first-order valence-electron chi connectivity index (χ1n) is 5.75. The van der Waals surface area contributed by atoms with Crippen molar-refractivity contribution < 1.29 is 9.53 Å². The second-order valence-electron chi connectivity index (χ2n) is 4.24. The molecule has 0 saturated carbocycles. The van der Waals surface area contributed by atoms with Crippen LogP contribution in [0.5, 0.6) is 0 Å². The number of methoxy groups -OCH3 is 1. The van der Waals surface area contributed by atoms with Crippen molar-refractivity contribution in [1.29, 1.82) is 0 Å². The molecule has 1 fully saturated rings. The van der Waals surface area contributed by atoms with Gasteiger partial charge in [-0.25, -0.2) is 0 Å². The van der Waals surface area contributed by atoms with Crippen LogP contribution in [0.4, 0.5) is 0 Å². The van der Waals surface area contributed by atoms with Crippen molar-refractivity contribution in [2.75, 3.05) is 13.7 Å². The minimum Gasteiger partial charge on any atom is -0.468 e. The number of nitrogens with zero attached hydrogens (tertiary/aromatic N) is 1. The van der Waals surface area contributed by atoms with Crippen LogP contribution in [-0.4, -0.2) is 30.6 Å². The van der Waals surface area contributed by atoms with Crippen LogP contribution >= 0.6 is 27.3 Å². The van der Waals surface area contributed by atoms with Crippen LogP contribution in [0.15, 0.2) is 15.9 Å². The van der Waals surface area contributed by atoms with Gasteiger partial charge in [0.1, 0.15) is 6.04 Å². The number of carbonyl (C=O) groups excluding carboxylic acids is 1. The molecule has 1 aliphatic heterocycles. The van der Waals surface area contributed by atoms with E-state index in [1.165, 1.54) is 18.4 Å². The molecule has 1 saturated heterocycles. The van der Waals surface area contributed by atoms with Gasteiger partial charge in [-0.15, -0.1) is 11.3 Å². The number of piperidine rings is 1. The van der Waals surface area contributed by atoms with Crippen molar-refractivity contribution in [3.05, 3.63) is 20.8 Å². The smallest absolute Gasteiger partial charge is 0.323 e. The monoisotopic (exact) mass is 317 g/mol. The van der Waals surface area contributed by atoms with E-state index in [2.05, 4.69) is 32.3 Å². The number of thiophene rings is 1. The second-order valence-corrected chi connectivity index (χ2v) is 6.15. The summed E-state index contributed by atoms with van der Waals surface area (Å²) < 4.78 is 5.99. The Hall–Kier alpha value is -0.390. The third-order valence-electron chi connectivity index (χ3n) is 3.07. The van der Waals surface area contributed by atoms with Crippen molar-refractivity contribution >= 4 is 33.2 Å². The second kappa shape index (κ2) is 5.98. The molecule has 1 aromatic heterocycles. The average Bonchev–Trinajstić information content (AvgIpc) is 2.74. The molecule has 1 aromatic rings. The molecule has 2 heterocycles. The van der Waals surface area contributed by atoms with Crippen molar-refractivity contribution in [1.82, 2.24) is 4.90 Å². The number of likely N-dealkylation sites (tertiary alicyclic amines) is 1. The van der Waals surface area contributed by atoms with Crippen LogP contribution in [0.1, 0.15) is 24.1 Å². The summed E-state index contributed by atoms with van der Waals surface area (Å²) in [7, 11) is 1.47. The zero-order valence-corrected chi connectivity index (χ0v) is 12.2. The van der Waals surface area contributed by atoms with Crippen LogP contribution < -0.4 is 0 Å². The third kappa shape index (κ3) is 3.30. The Balaban J connectivity index is 2.03. The van der Waals surface area contributed by atoms with E-state index in [1.807, 2.05) is 0 Å². The van der Waals surface area contributed by atoms with Crippen molar-refractivity contribution in [3.8, 4) is 0 Å². The quantitative estimate of drug-likeness (QED) is 0.802. The summed E-state index contributed by atoms with van der Waals surface area (Å²) in [5, 5.41) is 2.08. The van der Waals surface area contributed by atoms with E-state index in [9.17, 15) is 4.79 Å². The van der Waals surface area contributed by atoms with Crippen LogP contribution in [0, 0.1) is 0 Å². The summed E-state index contributed by atoms with van der Waals surface area (Å²) in [5.74, 6) is -0.0969. The zero-order valence-electron chi connectivity index (χ0n) is 9.82. The number of halogens is 1. The number of carbonyl (C=O) groups is 1. The van der Waals surface area contributed by atoms with Gasteiger partial charge < -0.3 is 4.74 Å². The lowest BCUT2D eigenvalue weighted by atomic mass is 10.0. The summed E-state index contributed by atoms with van der Waals surface area (Å²) >= 11 is 5.18. The fourth-order valence-electron chi connectivity index (χ4n) is 2.22. The van der Waals surface area contributed by atoms with Crippen LogP contribution in [-0.2, 0) is 16.1 Å². The fourth-order valence-corrected chi connectivity index (χ4v) is 3.70. The number of ether oxygens (including phenoxy) is 1. The number of hydrogen-bond acceptors (Lipinski definition) is 4. The van der Waals surface area contributed by atoms with Gasteiger partial charge in [-0.1, -0.05) is 6.42 Å². The fraction of sp³-hybridized carbons (Fsp3) is 0.583. The maximum Gasteiger partial charge on any atom is 0.323 e. The van der Waals surface area contributed by atoms with Crippen LogP contribution in [0.25, 0.3) is 0 Å². The molecule has 1 atom stereocenters. The van der Waals surface area contributed by atoms with Gasteiger partial charge in [0, 0.05) is 21.3 Å². The molecular weight excluding hydrogens is 302 g/mol. The molecule has 0 N–H and O–H groups in total. The Morgan fingerprint density at radius 2 is 2.47 bits per heavy atom. The lowest BCUT2D eigenvalue weighted by Gasteiger charge is -2.33. The molecule has 0 bridgehead atoms. The Labute approximate surface area is 114 Å². The maximum atomic E-state index is 11.7. The average molecular weight is 318 g/mol. The summed E-state index contributed by atoms with van der Waals surface area (Å²) in [5.41, 5.74) is 0. The highest BCUT2D eigenvalue weighted by atomic mass is 79.9. The van der Waals surface area contributed by atoms with Gasteiger partial charge in [0.2, 0.25) is 0 Å². The highest BCUT2D eigenvalue weighted by Gasteiger charge is 2.29. The zero-order chi connectivity index (χ0) is 12.3. The minimum atomic E-state index is -0.0969. The molecule has 5 heteroatoms. The standard InChI is InChI=1S/C12H16BrNO2S/c1-16-12(15)11-4-2-3-5-14(11)7-10-6-9(13)8-17-10/h6,8,11H,2-5,7H2,1H3. The summed E-state index contributed by atoms with van der Waals surface area (Å²) in [6.45, 7) is 1.82. The van der Waals surface area contributed by atoms with Crippen molar-refractivity contribution in [2.45, 2.75) is 31.8 Å². The Kier molecular flexibility index (Phi) is 4.59. The molecule has 0 radical (unpaired) electrons. The van der Waals surface area contributed by atoms with E-state index in [4.69, 9.17) is 4.74 Å². The molecule has 0 aliphatic carbocycles. The SMILES string of the molecule is COC(=O)C1CCCCN1Cc1cc(Br)cs1. The van der Waals surface area contributed by atoms with Gasteiger partial charge >= 0.3 is 5.97 Å². The molecule has 1 aliphatic rings. The van der Waals surface area contributed by atoms with E-state index >= 15 is 0 Å². The van der Waals surface area contributed by atoms with E-state index in [-0.39, 0.29) is 12.0 Å². The van der Waals surface area contributed by atoms with Crippen molar-refractivity contribution in [3.63, 3.8) is 0 Å². The molecule has 17 heavy (non-hydrogen) atoms. The number of rotatable bonds is 3. The molecule has 0 aromatic carbocycles. The topological polar surface area (TPSA) is 29.5 Å². The summed E-state index contributed by atoms with van der Waals surface area (Å²) in [4.78, 5) is 15.2.